The number of carbonyl (C=O) groups excluding carboxylic acids is 1. The number of anilines is 1. The number of ether oxygens (including phenoxy) is 1. The Labute approximate surface area is 256 Å². The van der Waals surface area contributed by atoms with Crippen LogP contribution in [0.5, 0.6) is 5.75 Å². The molecule has 1 saturated carbocycles. The quantitative estimate of drug-likeness (QED) is 0.276. The molecule has 10 nitrogen and oxygen atoms in total. The molecule has 2 heterocycles. The van der Waals surface area contributed by atoms with Crippen LogP contribution in [0.4, 0.5) is 36.6 Å². The molecule has 1 fully saturated rings. The lowest BCUT2D eigenvalue weighted by molar-refractivity contribution is -0.299. The van der Waals surface area contributed by atoms with E-state index in [2.05, 4.69) is 27.1 Å². The van der Waals surface area contributed by atoms with E-state index in [1.54, 1.807) is 6.92 Å². The summed E-state index contributed by atoms with van der Waals surface area (Å²) in [5.74, 6) is -6.80. The van der Waals surface area contributed by atoms with Gasteiger partial charge in [-0.1, -0.05) is 18.5 Å². The van der Waals surface area contributed by atoms with Gasteiger partial charge in [-0.2, -0.15) is 44.2 Å². The highest BCUT2D eigenvalue weighted by atomic mass is 35.5. The van der Waals surface area contributed by atoms with E-state index in [1.165, 1.54) is 4.68 Å². The van der Waals surface area contributed by atoms with Crippen LogP contribution in [0.15, 0.2) is 12.3 Å². The van der Waals surface area contributed by atoms with Gasteiger partial charge in [0.25, 0.3) is 5.91 Å². The number of carbonyl (C=O) groups is 1. The van der Waals surface area contributed by atoms with E-state index in [4.69, 9.17) is 20.0 Å². The van der Waals surface area contributed by atoms with E-state index < -0.39 is 58.9 Å². The number of aliphatic hydroxyl groups is 1. The third-order valence-corrected chi connectivity index (χ3v) is 7.47. The Kier molecular flexibility index (Phi) is 12.2. The SMILES string of the molecule is CCn1nc(C(=O)NCC2(O)CCC(C)CC2)c(Cl)c1-c1cnc(NC(C)(C)C(F)(F)C(F)(F)F)cc1OC(F)F.O=S=O. The van der Waals surface area contributed by atoms with Crippen molar-refractivity contribution in [2.75, 3.05) is 11.9 Å². The van der Waals surface area contributed by atoms with Crippen LogP contribution in [0, 0.1) is 5.92 Å². The van der Waals surface area contributed by atoms with Gasteiger partial charge in [-0.25, -0.2) is 4.98 Å². The molecule has 248 valence electrons. The Balaban J connectivity index is 0.00000216. The smallest absolute Gasteiger partial charge is 0.434 e. The molecule has 3 rings (SSSR count). The van der Waals surface area contributed by atoms with Crippen molar-refractivity contribution in [2.45, 2.75) is 89.8 Å². The average Bonchev–Trinajstić information content (AvgIpc) is 3.24. The molecule has 1 aliphatic rings. The predicted molar refractivity (Wildman–Crippen MR) is 145 cm³/mol. The number of rotatable bonds is 10. The number of nitrogens with zero attached hydrogens (tertiary/aromatic N) is 3. The van der Waals surface area contributed by atoms with Crippen molar-refractivity contribution in [3.05, 3.63) is 23.0 Å². The van der Waals surface area contributed by atoms with Gasteiger partial charge in [0.15, 0.2) is 5.69 Å². The molecule has 0 spiro atoms. The molecule has 1 aliphatic carbocycles. The molecule has 0 saturated heterocycles. The number of nitrogens with one attached hydrogen (secondary N) is 2. The lowest BCUT2D eigenvalue weighted by atomic mass is 9.79. The molecule has 0 unspecified atom stereocenters. The molecule has 44 heavy (non-hydrogen) atoms. The summed E-state index contributed by atoms with van der Waals surface area (Å²) in [5.41, 5.74) is -4.63. The van der Waals surface area contributed by atoms with Gasteiger partial charge in [0, 0.05) is 25.4 Å². The molecule has 1 amide bonds. The van der Waals surface area contributed by atoms with Crippen molar-refractivity contribution in [2.24, 2.45) is 5.92 Å². The van der Waals surface area contributed by atoms with Crippen molar-refractivity contribution in [3.63, 3.8) is 0 Å². The monoisotopic (exact) mass is 681 g/mol. The van der Waals surface area contributed by atoms with Crippen LogP contribution in [-0.4, -0.2) is 70.6 Å². The topological polar surface area (TPSA) is 135 Å². The van der Waals surface area contributed by atoms with E-state index in [0.29, 0.717) is 32.6 Å². The number of hydrogen-bond donors (Lipinski definition) is 3. The normalized spacial score (nSPS) is 19.2. The molecule has 0 aromatic carbocycles. The fraction of sp³-hybridized carbons (Fsp3) is 0.640. The van der Waals surface area contributed by atoms with Gasteiger partial charge in [-0.05, 0) is 52.4 Å². The highest BCUT2D eigenvalue weighted by molar-refractivity contribution is 7.51. The first kappa shape index (κ1) is 37.2. The van der Waals surface area contributed by atoms with E-state index in [1.807, 2.05) is 5.32 Å². The number of aryl methyl sites for hydroxylation is 1. The van der Waals surface area contributed by atoms with Gasteiger partial charge >= 0.3 is 30.3 Å². The second-order valence-electron chi connectivity index (χ2n) is 10.8. The van der Waals surface area contributed by atoms with Crippen molar-refractivity contribution in [1.82, 2.24) is 20.1 Å². The van der Waals surface area contributed by atoms with Crippen LogP contribution in [0.3, 0.4) is 0 Å². The summed E-state index contributed by atoms with van der Waals surface area (Å²) < 4.78 is 116. The minimum Gasteiger partial charge on any atom is -0.434 e. The highest BCUT2D eigenvalue weighted by Gasteiger charge is 2.66. The zero-order valence-electron chi connectivity index (χ0n) is 23.9. The molecule has 19 heteroatoms. The molecule has 2 aromatic rings. The van der Waals surface area contributed by atoms with E-state index >= 15 is 0 Å². The maximum absolute atomic E-state index is 14.1. The Hall–Kier alpha value is -2.99. The number of alkyl halides is 7. The van der Waals surface area contributed by atoms with Crippen LogP contribution in [-0.2, 0) is 18.1 Å². The largest absolute Gasteiger partial charge is 0.455 e. The molecular weight excluding hydrogens is 651 g/mol. The Morgan fingerprint density at radius 3 is 2.30 bits per heavy atom. The molecule has 3 N–H and O–H groups in total. The second-order valence-corrected chi connectivity index (χ2v) is 11.3. The fourth-order valence-electron chi connectivity index (χ4n) is 4.51. The maximum atomic E-state index is 14.1. The van der Waals surface area contributed by atoms with Crippen molar-refractivity contribution >= 4 is 34.9 Å². The minimum absolute atomic E-state index is 0.0663. The van der Waals surface area contributed by atoms with Crippen LogP contribution in [0.25, 0.3) is 11.3 Å². The Bertz CT molecular complexity index is 1350. The van der Waals surface area contributed by atoms with Crippen LogP contribution >= 0.6 is 11.6 Å². The summed E-state index contributed by atoms with van der Waals surface area (Å²) >= 11 is 5.71. The molecule has 0 bridgehead atoms. The number of halogens is 8. The summed E-state index contributed by atoms with van der Waals surface area (Å²) in [6.45, 7) is 1.42. The zero-order chi connectivity index (χ0) is 33.7. The van der Waals surface area contributed by atoms with E-state index in [9.17, 15) is 40.6 Å². The van der Waals surface area contributed by atoms with Crippen LogP contribution in [0.2, 0.25) is 5.02 Å². The van der Waals surface area contributed by atoms with Crippen LogP contribution < -0.4 is 15.4 Å². The fourth-order valence-corrected chi connectivity index (χ4v) is 4.83. The average molecular weight is 682 g/mol. The lowest BCUT2D eigenvalue weighted by Crippen LogP contribution is -2.57. The summed E-state index contributed by atoms with van der Waals surface area (Å²) in [7, 11) is 0. The summed E-state index contributed by atoms with van der Waals surface area (Å²) in [5, 5.41) is 19.2. The standard InChI is InChI=1S/C25H31ClF7N5O3.O2S/c1-5-38-19(17(26)18(37-38)20(39)35-12-23(40)8-6-13(2)7-9-23)14-11-34-16(10-15(14)41-21(27)28)36-22(3,4)24(29,30)25(31,32)33;1-3-2/h10-11,13,21,40H,5-9,12H2,1-4H3,(H,34,36)(H,35,39);. The van der Waals surface area contributed by atoms with Gasteiger partial charge < -0.3 is 20.5 Å². The molecular formula is C25H31ClF7N5O5S. The third kappa shape index (κ3) is 8.59. The minimum atomic E-state index is -5.91. The predicted octanol–water partition coefficient (Wildman–Crippen LogP) is 5.61. The highest BCUT2D eigenvalue weighted by Crippen LogP contribution is 2.45. The Morgan fingerprint density at radius 1 is 1.23 bits per heavy atom. The van der Waals surface area contributed by atoms with Gasteiger partial charge in [0.1, 0.15) is 17.1 Å². The number of aromatic nitrogens is 3. The third-order valence-electron chi connectivity index (χ3n) is 7.11. The first-order valence-electron chi connectivity index (χ1n) is 13.1. The number of amides is 1. The van der Waals surface area contributed by atoms with Gasteiger partial charge in [-0.3, -0.25) is 9.48 Å². The van der Waals surface area contributed by atoms with Gasteiger partial charge in [0.05, 0.1) is 21.9 Å². The summed E-state index contributed by atoms with van der Waals surface area (Å²) in [6.07, 6.45) is -2.47. The molecule has 0 radical (unpaired) electrons. The van der Waals surface area contributed by atoms with E-state index in [0.717, 1.165) is 25.1 Å². The lowest BCUT2D eigenvalue weighted by Gasteiger charge is -2.36. The van der Waals surface area contributed by atoms with E-state index in [-0.39, 0.29) is 35.1 Å². The van der Waals surface area contributed by atoms with Gasteiger partial charge in [0.2, 0.25) is 0 Å². The summed E-state index contributed by atoms with van der Waals surface area (Å²) in [6, 6.07) is 0.721. The van der Waals surface area contributed by atoms with Crippen molar-refractivity contribution < 1.29 is 53.8 Å². The number of pyridine rings is 1. The van der Waals surface area contributed by atoms with Crippen LogP contribution in [0.1, 0.15) is 63.9 Å². The molecule has 2 aromatic heterocycles. The maximum Gasteiger partial charge on any atom is 0.455 e. The second kappa shape index (κ2) is 14.4. The van der Waals surface area contributed by atoms with Crippen molar-refractivity contribution in [3.8, 4) is 17.0 Å². The zero-order valence-corrected chi connectivity index (χ0v) is 25.5. The first-order valence-corrected chi connectivity index (χ1v) is 14.1. The first-order chi connectivity index (χ1) is 20.2. The molecule has 0 atom stereocenters. The number of hydrogen-bond acceptors (Lipinski definition) is 8. The van der Waals surface area contributed by atoms with Crippen molar-refractivity contribution in [1.29, 1.82) is 0 Å². The Morgan fingerprint density at radius 2 is 1.80 bits per heavy atom. The summed E-state index contributed by atoms with van der Waals surface area (Å²) in [4.78, 5) is 16.8. The molecule has 0 aliphatic heterocycles. The van der Waals surface area contributed by atoms with Gasteiger partial charge in [-0.15, -0.1) is 0 Å².